The van der Waals surface area contributed by atoms with Gasteiger partial charge in [0.15, 0.2) is 0 Å². The summed E-state index contributed by atoms with van der Waals surface area (Å²) in [5.41, 5.74) is 0.789. The molecular formula is C16H27NO. The molecule has 2 heteroatoms. The summed E-state index contributed by atoms with van der Waals surface area (Å²) in [4.78, 5) is 14.1. The van der Waals surface area contributed by atoms with Crippen LogP contribution in [-0.2, 0) is 0 Å². The topological polar surface area (TPSA) is 20.3 Å². The average molecular weight is 249 g/mol. The molecule has 1 aromatic rings. The predicted octanol–water partition coefficient (Wildman–Crippen LogP) is 4.22. The van der Waals surface area contributed by atoms with Crippen LogP contribution in [0, 0.1) is 5.92 Å². The van der Waals surface area contributed by atoms with Crippen LogP contribution in [0.5, 0.6) is 0 Å². The molecule has 1 amide bonds. The molecule has 0 N–H and O–H groups in total. The zero-order valence-corrected chi connectivity index (χ0v) is 12.4. The molecule has 0 aliphatic carbocycles. The Morgan fingerprint density at radius 1 is 1.17 bits per heavy atom. The molecule has 0 bridgehead atoms. The average Bonchev–Trinajstić information content (AvgIpc) is 2.40. The zero-order valence-electron chi connectivity index (χ0n) is 12.4. The van der Waals surface area contributed by atoms with Crippen molar-refractivity contribution in [2.45, 2.75) is 41.0 Å². The number of carbonyl (C=O) groups excluding carboxylic acids is 1. The van der Waals surface area contributed by atoms with E-state index in [-0.39, 0.29) is 5.91 Å². The van der Waals surface area contributed by atoms with E-state index >= 15 is 0 Å². The van der Waals surface area contributed by atoms with Crippen LogP contribution >= 0.6 is 0 Å². The fourth-order valence-electron chi connectivity index (χ4n) is 1.75. The number of carbonyl (C=O) groups is 1. The first-order chi connectivity index (χ1) is 8.65. The first-order valence-electron chi connectivity index (χ1n) is 6.99. The lowest BCUT2D eigenvalue weighted by Gasteiger charge is -2.24. The maximum Gasteiger partial charge on any atom is 0.253 e. The molecule has 2 nitrogen and oxygen atoms in total. The Morgan fingerprint density at radius 3 is 2.17 bits per heavy atom. The first kappa shape index (κ1) is 16.7. The van der Waals surface area contributed by atoms with Gasteiger partial charge in [0, 0.05) is 18.7 Å². The van der Waals surface area contributed by atoms with E-state index < -0.39 is 0 Å². The summed E-state index contributed by atoms with van der Waals surface area (Å²) in [5.74, 6) is 0.662. The summed E-state index contributed by atoms with van der Waals surface area (Å²) in [6.07, 6.45) is 1.01. The van der Waals surface area contributed by atoms with E-state index in [4.69, 9.17) is 0 Å². The molecule has 1 aromatic carbocycles. The van der Waals surface area contributed by atoms with Crippen molar-refractivity contribution in [1.82, 2.24) is 4.90 Å². The van der Waals surface area contributed by atoms with Crippen molar-refractivity contribution in [1.29, 1.82) is 0 Å². The van der Waals surface area contributed by atoms with Crippen molar-refractivity contribution in [2.75, 3.05) is 13.1 Å². The summed E-state index contributed by atoms with van der Waals surface area (Å²) < 4.78 is 0. The van der Waals surface area contributed by atoms with Gasteiger partial charge in [0.25, 0.3) is 5.91 Å². The van der Waals surface area contributed by atoms with E-state index in [0.29, 0.717) is 5.92 Å². The molecule has 18 heavy (non-hydrogen) atoms. The summed E-state index contributed by atoms with van der Waals surface area (Å²) in [6.45, 7) is 12.1. The van der Waals surface area contributed by atoms with E-state index in [1.54, 1.807) is 0 Å². The molecule has 0 spiro atoms. The Kier molecular flexibility index (Phi) is 8.99. The normalized spacial score (nSPS) is 9.67. The highest BCUT2D eigenvalue weighted by molar-refractivity contribution is 5.94. The van der Waals surface area contributed by atoms with E-state index in [9.17, 15) is 4.79 Å². The Labute approximate surface area is 112 Å². The third-order valence-electron chi connectivity index (χ3n) is 2.39. The van der Waals surface area contributed by atoms with Crippen LogP contribution in [-0.4, -0.2) is 23.9 Å². The fraction of sp³-hybridized carbons (Fsp3) is 0.562. The van der Waals surface area contributed by atoms with Crippen LogP contribution in [0.1, 0.15) is 51.4 Å². The lowest BCUT2D eigenvalue weighted by molar-refractivity contribution is 0.0736. The number of amides is 1. The number of rotatable bonds is 5. The van der Waals surface area contributed by atoms with Gasteiger partial charge < -0.3 is 4.90 Å². The van der Waals surface area contributed by atoms with Crippen LogP contribution in [0.25, 0.3) is 0 Å². The van der Waals surface area contributed by atoms with Crippen molar-refractivity contribution in [2.24, 2.45) is 5.92 Å². The van der Waals surface area contributed by atoms with Gasteiger partial charge in [-0.05, 0) is 24.5 Å². The summed E-state index contributed by atoms with van der Waals surface area (Å²) in [5, 5.41) is 0. The maximum absolute atomic E-state index is 12.2. The minimum absolute atomic E-state index is 0.149. The van der Waals surface area contributed by atoms with Crippen LogP contribution in [0.3, 0.4) is 0 Å². The second-order valence-corrected chi connectivity index (χ2v) is 4.51. The van der Waals surface area contributed by atoms with Crippen LogP contribution in [0.2, 0.25) is 0 Å². The van der Waals surface area contributed by atoms with E-state index in [1.807, 2.05) is 49.1 Å². The van der Waals surface area contributed by atoms with Gasteiger partial charge in [-0.15, -0.1) is 0 Å². The third kappa shape index (κ3) is 5.85. The molecule has 0 saturated heterocycles. The van der Waals surface area contributed by atoms with Gasteiger partial charge in [-0.25, -0.2) is 0 Å². The number of benzene rings is 1. The Morgan fingerprint density at radius 2 is 1.72 bits per heavy atom. The second kappa shape index (κ2) is 9.69. The summed E-state index contributed by atoms with van der Waals surface area (Å²) in [7, 11) is 0. The molecule has 0 aliphatic heterocycles. The minimum atomic E-state index is 0.149. The largest absolute Gasteiger partial charge is 0.338 e. The highest BCUT2D eigenvalue weighted by Gasteiger charge is 2.15. The molecule has 0 atom stereocenters. The molecule has 0 saturated carbocycles. The number of hydrogen-bond acceptors (Lipinski definition) is 1. The van der Waals surface area contributed by atoms with Gasteiger partial charge >= 0.3 is 0 Å². The van der Waals surface area contributed by atoms with Crippen LogP contribution in [0.15, 0.2) is 30.3 Å². The lowest BCUT2D eigenvalue weighted by atomic mass is 10.1. The molecule has 0 radical (unpaired) electrons. The predicted molar refractivity (Wildman–Crippen MR) is 78.8 cm³/mol. The first-order valence-corrected chi connectivity index (χ1v) is 6.99. The highest BCUT2D eigenvalue weighted by atomic mass is 16.2. The van der Waals surface area contributed by atoms with E-state index in [0.717, 1.165) is 25.1 Å². The van der Waals surface area contributed by atoms with Gasteiger partial charge in [0.2, 0.25) is 0 Å². The molecule has 0 aromatic heterocycles. The molecule has 102 valence electrons. The highest BCUT2D eigenvalue weighted by Crippen LogP contribution is 2.08. The van der Waals surface area contributed by atoms with Crippen LogP contribution < -0.4 is 0 Å². The maximum atomic E-state index is 12.2. The fourth-order valence-corrected chi connectivity index (χ4v) is 1.75. The van der Waals surface area contributed by atoms with Crippen molar-refractivity contribution in [3.8, 4) is 0 Å². The van der Waals surface area contributed by atoms with Crippen molar-refractivity contribution >= 4 is 5.91 Å². The van der Waals surface area contributed by atoms with Crippen molar-refractivity contribution in [3.63, 3.8) is 0 Å². The molecular weight excluding hydrogens is 222 g/mol. The van der Waals surface area contributed by atoms with Gasteiger partial charge in [0.05, 0.1) is 0 Å². The SMILES string of the molecule is CC.CCCN(CC(C)C)C(=O)c1ccccc1. The standard InChI is InChI=1S/C14H21NO.C2H6/c1-4-10-15(11-12(2)3)14(16)13-8-6-5-7-9-13;1-2/h5-9,12H,4,10-11H2,1-3H3;1-2H3. The zero-order chi connectivity index (χ0) is 14.0. The summed E-state index contributed by atoms with van der Waals surface area (Å²) in [6, 6.07) is 9.51. The van der Waals surface area contributed by atoms with Gasteiger partial charge in [-0.3, -0.25) is 4.79 Å². The van der Waals surface area contributed by atoms with Gasteiger partial charge in [0.1, 0.15) is 0 Å². The third-order valence-corrected chi connectivity index (χ3v) is 2.39. The number of nitrogens with zero attached hydrogens (tertiary/aromatic N) is 1. The van der Waals surface area contributed by atoms with E-state index in [1.165, 1.54) is 0 Å². The van der Waals surface area contributed by atoms with Gasteiger partial charge in [-0.1, -0.05) is 52.8 Å². The summed E-state index contributed by atoms with van der Waals surface area (Å²) >= 11 is 0. The Bertz CT molecular complexity index is 319. The Hall–Kier alpha value is -1.31. The van der Waals surface area contributed by atoms with Gasteiger partial charge in [-0.2, -0.15) is 0 Å². The molecule has 0 aliphatic rings. The molecule has 0 unspecified atom stereocenters. The molecule has 1 rings (SSSR count). The Balaban J connectivity index is 0.00000137. The minimum Gasteiger partial charge on any atom is -0.338 e. The molecule has 0 heterocycles. The van der Waals surface area contributed by atoms with E-state index in [2.05, 4.69) is 20.8 Å². The van der Waals surface area contributed by atoms with Crippen molar-refractivity contribution in [3.05, 3.63) is 35.9 Å². The lowest BCUT2D eigenvalue weighted by Crippen LogP contribution is -2.34. The van der Waals surface area contributed by atoms with Crippen LogP contribution in [0.4, 0.5) is 0 Å². The number of hydrogen-bond donors (Lipinski definition) is 0. The quantitative estimate of drug-likeness (QED) is 0.765. The monoisotopic (exact) mass is 249 g/mol. The smallest absolute Gasteiger partial charge is 0.253 e. The van der Waals surface area contributed by atoms with Crippen molar-refractivity contribution < 1.29 is 4.79 Å². The molecule has 0 fully saturated rings. The second-order valence-electron chi connectivity index (χ2n) is 4.51.